The zero-order valence-electron chi connectivity index (χ0n) is 12.8. The van der Waals surface area contributed by atoms with Gasteiger partial charge in [-0.05, 0) is 12.1 Å². The third-order valence-corrected chi connectivity index (χ3v) is 5.73. The molecule has 2 aliphatic heterocycles. The van der Waals surface area contributed by atoms with Crippen LogP contribution in [-0.4, -0.2) is 33.1 Å². The van der Waals surface area contributed by atoms with Gasteiger partial charge in [0.15, 0.2) is 11.6 Å². The molecule has 10 heteroatoms. The van der Waals surface area contributed by atoms with Crippen LogP contribution in [-0.2, 0) is 13.8 Å². The van der Waals surface area contributed by atoms with Crippen molar-refractivity contribution < 1.29 is 18.5 Å². The summed E-state index contributed by atoms with van der Waals surface area (Å²) in [6.07, 6.45) is 2.92. The number of aromatic nitrogens is 3. The van der Waals surface area contributed by atoms with Crippen LogP contribution in [0.15, 0.2) is 34.6 Å². The first-order valence-electron chi connectivity index (χ1n) is 6.95. The molecule has 0 saturated heterocycles. The van der Waals surface area contributed by atoms with Gasteiger partial charge in [0.2, 0.25) is 10.9 Å². The van der Waals surface area contributed by atoms with Crippen LogP contribution in [0.1, 0.15) is 12.8 Å². The van der Waals surface area contributed by atoms with Crippen molar-refractivity contribution in [3.8, 4) is 5.75 Å². The van der Waals surface area contributed by atoms with E-state index in [4.69, 9.17) is 20.4 Å². The normalized spacial score (nSPS) is 23.5. The molecule has 1 atom stereocenters. The van der Waals surface area contributed by atoms with Crippen molar-refractivity contribution in [2.24, 2.45) is 0 Å². The van der Waals surface area contributed by atoms with E-state index in [2.05, 4.69) is 15.0 Å². The molecule has 2 aromatic rings. The molecule has 4 N–H and O–H groups in total. The second kappa shape index (κ2) is 5.96. The Labute approximate surface area is 138 Å². The van der Waals surface area contributed by atoms with Crippen LogP contribution in [0.5, 0.6) is 5.75 Å². The van der Waals surface area contributed by atoms with Crippen LogP contribution in [0.3, 0.4) is 0 Å². The monoisotopic (exact) mass is 349 g/mol. The van der Waals surface area contributed by atoms with E-state index >= 15 is 0 Å². The van der Waals surface area contributed by atoms with E-state index < -0.39 is 22.2 Å². The topological polar surface area (TPSA) is 143 Å². The molecule has 9 nitrogen and oxygen atoms in total. The van der Waals surface area contributed by atoms with Gasteiger partial charge in [-0.2, -0.15) is 9.97 Å². The number of nitrogens with zero attached hydrogens (tertiary/aromatic N) is 3. The Kier molecular flexibility index (Phi) is 3.97. The lowest BCUT2D eigenvalue weighted by molar-refractivity contribution is -0.140. The number of anilines is 2. The van der Waals surface area contributed by atoms with E-state index in [1.54, 1.807) is 30.7 Å². The second-order valence-electron chi connectivity index (χ2n) is 5.05. The molecule has 4 rings (SSSR count). The Bertz CT molecular complexity index is 793. The van der Waals surface area contributed by atoms with Gasteiger partial charge < -0.3 is 20.4 Å². The highest BCUT2D eigenvalue weighted by atomic mass is 32.3. The highest BCUT2D eigenvalue weighted by Gasteiger charge is 2.35. The standard InChI is InChI=1S/C14H15N5O4S/c1-24(8-4-2-3-7-17-8)14-18-12(15)11(13(16)19-14)22-9(20)5-6-10(21)23-24/h2-4,7H,5-6H2,1H3,(H4,15,16,18,19). The largest absolute Gasteiger partial charge is 0.419 e. The molecule has 0 amide bonds. The fourth-order valence-electron chi connectivity index (χ4n) is 2.09. The molecular weight excluding hydrogens is 334 g/mol. The Morgan fingerprint density at radius 1 is 1.08 bits per heavy atom. The maximum absolute atomic E-state index is 12.2. The minimum Gasteiger partial charge on any atom is -0.419 e. The number of nitrogen functional groups attached to an aromatic ring is 2. The maximum atomic E-state index is 12.2. The number of rotatable bonds is 1. The van der Waals surface area contributed by atoms with E-state index in [1.807, 2.05) is 0 Å². The summed E-state index contributed by atoms with van der Waals surface area (Å²) < 4.78 is 10.7. The van der Waals surface area contributed by atoms with E-state index in [0.29, 0.717) is 5.03 Å². The fraction of sp³-hybridized carbons (Fsp3) is 0.214. The number of carbonyl (C=O) groups excluding carboxylic acids is 2. The van der Waals surface area contributed by atoms with Crippen molar-refractivity contribution >= 4 is 33.9 Å². The molecule has 2 aromatic heterocycles. The SMILES string of the molecule is CS1(c2ccccn2)OC(=O)CCC(=O)Oc2c(N)nc1nc2N. The van der Waals surface area contributed by atoms with Crippen molar-refractivity contribution in [1.82, 2.24) is 15.0 Å². The first kappa shape index (κ1) is 16.0. The highest BCUT2D eigenvalue weighted by molar-refractivity contribution is 8.29. The van der Waals surface area contributed by atoms with Gasteiger partial charge in [-0.1, -0.05) is 6.07 Å². The van der Waals surface area contributed by atoms with Crippen molar-refractivity contribution in [2.75, 3.05) is 17.7 Å². The van der Waals surface area contributed by atoms with Gasteiger partial charge in [0.25, 0.3) is 0 Å². The van der Waals surface area contributed by atoms with Crippen LogP contribution in [0, 0.1) is 0 Å². The Balaban J connectivity index is 2.21. The van der Waals surface area contributed by atoms with Crippen LogP contribution >= 0.6 is 10.3 Å². The third-order valence-electron chi connectivity index (χ3n) is 3.29. The minimum absolute atomic E-state index is 0.0987. The summed E-state index contributed by atoms with van der Waals surface area (Å²) >= 11 is 0. The predicted octanol–water partition coefficient (Wildman–Crippen LogP) is 1.05. The number of hydrogen-bond donors (Lipinski definition) is 2. The summed E-state index contributed by atoms with van der Waals surface area (Å²) in [5, 5.41) is 0.614. The number of esters is 1. The zero-order valence-corrected chi connectivity index (χ0v) is 13.6. The lowest BCUT2D eigenvalue weighted by Gasteiger charge is -2.32. The zero-order chi connectivity index (χ0) is 17.3. The predicted molar refractivity (Wildman–Crippen MR) is 86.1 cm³/mol. The number of nitrogens with two attached hydrogens (primary N) is 2. The van der Waals surface area contributed by atoms with Crippen LogP contribution in [0.2, 0.25) is 0 Å². The molecule has 1 unspecified atom stereocenters. The van der Waals surface area contributed by atoms with E-state index in [-0.39, 0.29) is 35.4 Å². The summed E-state index contributed by atoms with van der Waals surface area (Å²) in [4.78, 5) is 36.5. The molecule has 2 bridgehead atoms. The lowest BCUT2D eigenvalue weighted by atomic mass is 10.3. The van der Waals surface area contributed by atoms with Crippen LogP contribution in [0.4, 0.5) is 11.6 Å². The van der Waals surface area contributed by atoms with E-state index in [0.717, 1.165) is 0 Å². The van der Waals surface area contributed by atoms with Gasteiger partial charge in [-0.25, -0.2) is 4.98 Å². The summed E-state index contributed by atoms with van der Waals surface area (Å²) in [5.74, 6) is -1.56. The van der Waals surface area contributed by atoms with Crippen molar-refractivity contribution in [3.05, 3.63) is 24.4 Å². The summed E-state index contributed by atoms with van der Waals surface area (Å²) in [5.41, 5.74) is 11.7. The maximum Gasteiger partial charge on any atom is 0.317 e. The van der Waals surface area contributed by atoms with Gasteiger partial charge >= 0.3 is 11.9 Å². The Morgan fingerprint density at radius 2 is 1.75 bits per heavy atom. The van der Waals surface area contributed by atoms with Crippen LogP contribution in [0.25, 0.3) is 0 Å². The molecule has 24 heavy (non-hydrogen) atoms. The van der Waals surface area contributed by atoms with Gasteiger partial charge in [-0.3, -0.25) is 9.59 Å². The number of carbonyl (C=O) groups is 2. The molecule has 0 radical (unpaired) electrons. The van der Waals surface area contributed by atoms with E-state index in [9.17, 15) is 9.59 Å². The molecule has 0 spiro atoms. The minimum atomic E-state index is -2.48. The molecule has 0 aromatic carbocycles. The van der Waals surface area contributed by atoms with Gasteiger partial charge in [0.1, 0.15) is 5.03 Å². The fourth-order valence-corrected chi connectivity index (χ4v) is 4.04. The van der Waals surface area contributed by atoms with E-state index in [1.165, 1.54) is 0 Å². The van der Waals surface area contributed by atoms with Gasteiger partial charge in [-0.15, -0.1) is 0 Å². The third kappa shape index (κ3) is 2.83. The molecule has 0 fully saturated rings. The molecule has 0 aliphatic carbocycles. The summed E-state index contributed by atoms with van der Waals surface area (Å²) in [6.45, 7) is 0. The molecule has 0 saturated carbocycles. The van der Waals surface area contributed by atoms with Crippen LogP contribution < -0.4 is 16.2 Å². The number of fused-ring (bicyclic) bond motifs is 8. The molecule has 126 valence electrons. The number of ether oxygens (including phenoxy) is 1. The lowest BCUT2D eigenvalue weighted by Crippen LogP contribution is -2.16. The quantitative estimate of drug-likeness (QED) is 0.570. The molecule has 2 aliphatic rings. The molecule has 4 heterocycles. The Hall–Kier alpha value is -2.88. The van der Waals surface area contributed by atoms with Gasteiger partial charge in [0, 0.05) is 22.8 Å². The van der Waals surface area contributed by atoms with Crippen molar-refractivity contribution in [3.63, 3.8) is 0 Å². The molecular formula is C14H15N5O4S. The first-order chi connectivity index (χ1) is 11.4. The first-order valence-corrected chi connectivity index (χ1v) is 8.92. The Morgan fingerprint density at radius 3 is 2.38 bits per heavy atom. The average Bonchev–Trinajstić information content (AvgIpc) is 2.58. The number of pyridine rings is 1. The highest BCUT2D eigenvalue weighted by Crippen LogP contribution is 2.59. The van der Waals surface area contributed by atoms with Crippen molar-refractivity contribution in [1.29, 1.82) is 0 Å². The second-order valence-corrected chi connectivity index (χ2v) is 7.68. The smallest absolute Gasteiger partial charge is 0.317 e. The number of hydrogen-bond acceptors (Lipinski definition) is 9. The summed E-state index contributed by atoms with van der Waals surface area (Å²) in [6, 6.07) is 5.19. The van der Waals surface area contributed by atoms with Crippen molar-refractivity contribution in [2.45, 2.75) is 23.0 Å². The summed E-state index contributed by atoms with van der Waals surface area (Å²) in [7, 11) is -2.48. The van der Waals surface area contributed by atoms with Gasteiger partial charge in [0.05, 0.1) is 12.8 Å². The average molecular weight is 349 g/mol.